The third kappa shape index (κ3) is 3.84. The number of hydrogen-bond acceptors (Lipinski definition) is 4. The van der Waals surface area contributed by atoms with Gasteiger partial charge in [0.2, 0.25) is 0 Å². The maximum Gasteiger partial charge on any atom is 0.262 e. The predicted octanol–water partition coefficient (Wildman–Crippen LogP) is 3.61. The molecule has 6 nitrogen and oxygen atoms in total. The molecule has 1 N–H and O–H groups in total. The van der Waals surface area contributed by atoms with Crippen LogP contribution in [0, 0.1) is 6.92 Å². The number of nitrogens with zero attached hydrogens (tertiary/aromatic N) is 3. The predicted molar refractivity (Wildman–Crippen MR) is 104 cm³/mol. The van der Waals surface area contributed by atoms with Crippen molar-refractivity contribution >= 4 is 11.6 Å². The van der Waals surface area contributed by atoms with Crippen molar-refractivity contribution in [1.82, 2.24) is 14.8 Å². The molecule has 0 spiro atoms. The maximum atomic E-state index is 12.1. The van der Waals surface area contributed by atoms with Gasteiger partial charge in [0.1, 0.15) is 11.6 Å². The zero-order valence-corrected chi connectivity index (χ0v) is 15.3. The summed E-state index contributed by atoms with van der Waals surface area (Å²) in [5.74, 6) is 2.43. The lowest BCUT2D eigenvalue weighted by atomic mass is 10.1. The molecular weight excluding hydrogens is 340 g/mol. The number of carbonyl (C=O) groups excluding carboxylic acids is 1. The third-order valence-electron chi connectivity index (χ3n) is 4.76. The maximum absolute atomic E-state index is 12.1. The molecule has 1 aliphatic heterocycles. The molecule has 0 atom stereocenters. The summed E-state index contributed by atoms with van der Waals surface area (Å²) < 4.78 is 7.80. The van der Waals surface area contributed by atoms with Crippen LogP contribution >= 0.6 is 0 Å². The first kappa shape index (κ1) is 17.3. The van der Waals surface area contributed by atoms with Gasteiger partial charge in [0.15, 0.2) is 12.4 Å². The van der Waals surface area contributed by atoms with Gasteiger partial charge < -0.3 is 14.6 Å². The number of aromatic nitrogens is 3. The summed E-state index contributed by atoms with van der Waals surface area (Å²) in [7, 11) is 0. The van der Waals surface area contributed by atoms with Gasteiger partial charge in [-0.15, -0.1) is 10.2 Å². The van der Waals surface area contributed by atoms with Crippen molar-refractivity contribution in [3.05, 3.63) is 59.9 Å². The molecular formula is C21H22N4O2. The lowest BCUT2D eigenvalue weighted by Crippen LogP contribution is -2.20. The third-order valence-corrected chi connectivity index (χ3v) is 4.76. The number of carbonyl (C=O) groups is 1. The Hall–Kier alpha value is -3.15. The highest BCUT2D eigenvalue weighted by molar-refractivity contribution is 5.92. The lowest BCUT2D eigenvalue weighted by Gasteiger charge is -2.14. The van der Waals surface area contributed by atoms with Crippen LogP contribution in [0.3, 0.4) is 0 Å². The number of nitrogens with one attached hydrogen (secondary N) is 1. The molecule has 0 saturated heterocycles. The molecule has 1 aromatic heterocycles. The minimum atomic E-state index is -0.181. The molecule has 0 aliphatic carbocycles. The fourth-order valence-electron chi connectivity index (χ4n) is 3.27. The standard InChI is InChI=1S/C21H22N4O2/c1-15-6-2-3-7-18(15)22-20(26)14-27-17-11-9-16(10-12-17)21-24-23-19-8-4-5-13-25(19)21/h2-3,6-7,9-12H,4-5,8,13-14H2,1H3,(H,22,26). The fourth-order valence-corrected chi connectivity index (χ4v) is 3.27. The number of benzene rings is 2. The first-order chi connectivity index (χ1) is 13.2. The number of hydrogen-bond donors (Lipinski definition) is 1. The Balaban J connectivity index is 1.38. The van der Waals surface area contributed by atoms with Crippen LogP contribution < -0.4 is 10.1 Å². The topological polar surface area (TPSA) is 69.0 Å². The molecule has 138 valence electrons. The summed E-state index contributed by atoms with van der Waals surface area (Å²) in [6, 6.07) is 15.3. The van der Waals surface area contributed by atoms with Crippen LogP contribution in [0.5, 0.6) is 5.75 Å². The molecule has 0 unspecified atom stereocenters. The van der Waals surface area contributed by atoms with E-state index in [0.717, 1.165) is 47.8 Å². The van der Waals surface area contributed by atoms with Crippen LogP contribution in [-0.4, -0.2) is 27.3 Å². The Labute approximate surface area is 158 Å². The molecule has 27 heavy (non-hydrogen) atoms. The first-order valence-electron chi connectivity index (χ1n) is 9.21. The van der Waals surface area contributed by atoms with Gasteiger partial charge in [-0.2, -0.15) is 0 Å². The highest BCUT2D eigenvalue weighted by Gasteiger charge is 2.16. The second-order valence-electron chi connectivity index (χ2n) is 6.72. The van der Waals surface area contributed by atoms with Crippen LogP contribution in [0.4, 0.5) is 5.69 Å². The molecule has 1 aliphatic rings. The van der Waals surface area contributed by atoms with E-state index in [4.69, 9.17) is 4.74 Å². The van der Waals surface area contributed by atoms with E-state index in [1.165, 1.54) is 6.42 Å². The van der Waals surface area contributed by atoms with E-state index < -0.39 is 0 Å². The minimum absolute atomic E-state index is 0.0337. The van der Waals surface area contributed by atoms with Gasteiger partial charge in [-0.05, 0) is 55.7 Å². The molecule has 4 rings (SSSR count). The fraction of sp³-hybridized carbons (Fsp3) is 0.286. The lowest BCUT2D eigenvalue weighted by molar-refractivity contribution is -0.118. The molecule has 0 fully saturated rings. The summed E-state index contributed by atoms with van der Waals surface area (Å²) >= 11 is 0. The van der Waals surface area contributed by atoms with Gasteiger partial charge in [-0.25, -0.2) is 0 Å². The van der Waals surface area contributed by atoms with Crippen molar-refractivity contribution in [2.75, 3.05) is 11.9 Å². The summed E-state index contributed by atoms with van der Waals surface area (Å²) in [4.78, 5) is 12.1. The summed E-state index contributed by atoms with van der Waals surface area (Å²) in [6.45, 7) is 2.89. The van der Waals surface area contributed by atoms with E-state index in [9.17, 15) is 4.79 Å². The second kappa shape index (κ2) is 7.61. The van der Waals surface area contributed by atoms with E-state index >= 15 is 0 Å². The van der Waals surface area contributed by atoms with Crippen LogP contribution in [0.1, 0.15) is 24.2 Å². The van der Waals surface area contributed by atoms with Crippen LogP contribution in [0.25, 0.3) is 11.4 Å². The molecule has 0 radical (unpaired) electrons. The number of anilines is 1. The number of para-hydroxylation sites is 1. The first-order valence-corrected chi connectivity index (χ1v) is 9.21. The van der Waals surface area contributed by atoms with E-state index in [2.05, 4.69) is 20.1 Å². The molecule has 0 saturated carbocycles. The quantitative estimate of drug-likeness (QED) is 0.753. The normalized spacial score (nSPS) is 13.1. The van der Waals surface area contributed by atoms with Crippen molar-refractivity contribution in [3.8, 4) is 17.1 Å². The molecule has 0 bridgehead atoms. The van der Waals surface area contributed by atoms with Gasteiger partial charge in [-0.3, -0.25) is 4.79 Å². The van der Waals surface area contributed by atoms with Crippen molar-refractivity contribution in [1.29, 1.82) is 0 Å². The monoisotopic (exact) mass is 362 g/mol. The molecule has 1 amide bonds. The SMILES string of the molecule is Cc1ccccc1NC(=O)COc1ccc(-c2nnc3n2CCCC3)cc1. The van der Waals surface area contributed by atoms with E-state index in [0.29, 0.717) is 5.75 Å². The number of amides is 1. The summed E-state index contributed by atoms with van der Waals surface area (Å²) in [5.41, 5.74) is 2.83. The van der Waals surface area contributed by atoms with Crippen LogP contribution in [0.2, 0.25) is 0 Å². The zero-order valence-electron chi connectivity index (χ0n) is 15.3. The van der Waals surface area contributed by atoms with Gasteiger partial charge in [0.05, 0.1) is 0 Å². The Morgan fingerprint density at radius 2 is 1.93 bits per heavy atom. The van der Waals surface area contributed by atoms with E-state index in [-0.39, 0.29) is 12.5 Å². The van der Waals surface area contributed by atoms with Crippen LogP contribution in [0.15, 0.2) is 48.5 Å². The second-order valence-corrected chi connectivity index (χ2v) is 6.72. The molecule has 6 heteroatoms. The summed E-state index contributed by atoms with van der Waals surface area (Å²) in [5, 5.41) is 11.5. The number of rotatable bonds is 5. The van der Waals surface area contributed by atoms with E-state index in [1.54, 1.807) is 0 Å². The summed E-state index contributed by atoms with van der Waals surface area (Å²) in [6.07, 6.45) is 3.33. The highest BCUT2D eigenvalue weighted by Crippen LogP contribution is 2.24. The Morgan fingerprint density at radius 3 is 2.74 bits per heavy atom. The largest absolute Gasteiger partial charge is 0.484 e. The number of aryl methyl sites for hydroxylation is 2. The minimum Gasteiger partial charge on any atom is -0.484 e. The number of ether oxygens (including phenoxy) is 1. The Morgan fingerprint density at radius 1 is 1.11 bits per heavy atom. The highest BCUT2D eigenvalue weighted by atomic mass is 16.5. The molecule has 3 aromatic rings. The van der Waals surface area contributed by atoms with Crippen molar-refractivity contribution in [2.45, 2.75) is 32.7 Å². The molecule has 2 aromatic carbocycles. The van der Waals surface area contributed by atoms with Crippen molar-refractivity contribution < 1.29 is 9.53 Å². The van der Waals surface area contributed by atoms with E-state index in [1.807, 2.05) is 55.5 Å². The van der Waals surface area contributed by atoms with Gasteiger partial charge in [-0.1, -0.05) is 18.2 Å². The van der Waals surface area contributed by atoms with Crippen LogP contribution in [-0.2, 0) is 17.8 Å². The van der Waals surface area contributed by atoms with Gasteiger partial charge in [0, 0.05) is 24.2 Å². The zero-order chi connectivity index (χ0) is 18.6. The smallest absolute Gasteiger partial charge is 0.262 e. The van der Waals surface area contributed by atoms with Crippen molar-refractivity contribution in [3.63, 3.8) is 0 Å². The average molecular weight is 362 g/mol. The van der Waals surface area contributed by atoms with Crippen molar-refractivity contribution in [2.24, 2.45) is 0 Å². The number of fused-ring (bicyclic) bond motifs is 1. The Kier molecular flexibility index (Phi) is 4.87. The van der Waals surface area contributed by atoms with Gasteiger partial charge in [0.25, 0.3) is 5.91 Å². The molecule has 2 heterocycles. The average Bonchev–Trinajstić information content (AvgIpc) is 3.13. The van der Waals surface area contributed by atoms with Gasteiger partial charge >= 0.3 is 0 Å². The Bertz CT molecular complexity index is 947.